The molecule has 0 spiro atoms. The van der Waals surface area contributed by atoms with Gasteiger partial charge in [0, 0.05) is 24.5 Å². The molecule has 4 rings (SSSR count). The van der Waals surface area contributed by atoms with Crippen LogP contribution in [0.1, 0.15) is 23.6 Å². The fourth-order valence-electron chi connectivity index (χ4n) is 3.75. The second-order valence-electron chi connectivity index (χ2n) is 7.50. The van der Waals surface area contributed by atoms with Crippen LogP contribution in [0.25, 0.3) is 5.76 Å². The molecule has 0 radical (unpaired) electrons. The van der Waals surface area contributed by atoms with E-state index < -0.39 is 17.7 Å². The molecule has 1 saturated heterocycles. The lowest BCUT2D eigenvalue weighted by Gasteiger charge is -2.25. The summed E-state index contributed by atoms with van der Waals surface area (Å²) in [7, 11) is 3.90. The fraction of sp³-hybridized carbons (Fsp3) is 0.318. The summed E-state index contributed by atoms with van der Waals surface area (Å²) in [5, 5.41) is 11.1. The predicted octanol–water partition coefficient (Wildman–Crippen LogP) is 2.18. The number of hydrogen-bond donors (Lipinski definition) is 1. The molecule has 8 heteroatoms. The first-order chi connectivity index (χ1) is 14.5. The van der Waals surface area contributed by atoms with Crippen LogP contribution in [-0.2, 0) is 9.59 Å². The highest BCUT2D eigenvalue weighted by Gasteiger charge is 2.46. The number of ketones is 1. The summed E-state index contributed by atoms with van der Waals surface area (Å²) in [4.78, 5) is 33.5. The Labute approximate surface area is 174 Å². The molecule has 1 atom stereocenters. The Morgan fingerprint density at radius 3 is 2.77 bits per heavy atom. The van der Waals surface area contributed by atoms with Gasteiger partial charge < -0.3 is 24.4 Å². The maximum atomic E-state index is 12.9. The lowest BCUT2D eigenvalue weighted by atomic mass is 9.96. The summed E-state index contributed by atoms with van der Waals surface area (Å²) in [5.74, 6) is -0.513. The molecule has 0 bridgehead atoms. The minimum absolute atomic E-state index is 0.0525. The van der Waals surface area contributed by atoms with E-state index in [0.717, 1.165) is 6.54 Å². The number of Topliss-reactive ketones (excluding diaryl/α,β-unsaturated/α-hetero) is 1. The number of benzene rings is 1. The van der Waals surface area contributed by atoms with Gasteiger partial charge in [0.05, 0.1) is 11.6 Å². The fourth-order valence-corrected chi connectivity index (χ4v) is 3.75. The molecule has 0 aliphatic carbocycles. The molecule has 2 aromatic rings. The quantitative estimate of drug-likeness (QED) is 0.444. The zero-order chi connectivity index (χ0) is 21.3. The first kappa shape index (κ1) is 19.9. The highest BCUT2D eigenvalue weighted by Crippen LogP contribution is 2.41. The highest BCUT2D eigenvalue weighted by molar-refractivity contribution is 6.46. The Balaban J connectivity index is 1.77. The largest absolute Gasteiger partial charge is 0.507 e. The van der Waals surface area contributed by atoms with Crippen molar-refractivity contribution in [2.45, 2.75) is 12.5 Å². The van der Waals surface area contributed by atoms with E-state index in [2.05, 4.69) is 4.98 Å². The van der Waals surface area contributed by atoms with Gasteiger partial charge in [-0.25, -0.2) is 0 Å². The molecule has 0 unspecified atom stereocenters. The molecular weight excluding hydrogens is 386 g/mol. The van der Waals surface area contributed by atoms with Crippen molar-refractivity contribution in [1.82, 2.24) is 14.8 Å². The zero-order valence-electron chi connectivity index (χ0n) is 16.9. The van der Waals surface area contributed by atoms with Gasteiger partial charge in [-0.2, -0.15) is 0 Å². The predicted molar refractivity (Wildman–Crippen MR) is 109 cm³/mol. The van der Waals surface area contributed by atoms with Crippen LogP contribution in [0, 0.1) is 0 Å². The van der Waals surface area contributed by atoms with Gasteiger partial charge in [0.2, 0.25) is 6.79 Å². The molecular formula is C22H23N3O5. The van der Waals surface area contributed by atoms with E-state index in [1.807, 2.05) is 19.0 Å². The minimum atomic E-state index is -0.705. The van der Waals surface area contributed by atoms with Gasteiger partial charge in [0.25, 0.3) is 11.7 Å². The Morgan fingerprint density at radius 2 is 2.03 bits per heavy atom. The standard InChI is InChI=1S/C22H23N3O5/c1-24(2)9-4-10-25-19(15-5-3-8-23-12-15)18(21(27)22(25)28)20(26)14-6-7-16-17(11-14)30-13-29-16/h3,5-8,11-12,19,26H,4,9-10,13H2,1-2H3/t19-/m1/s1. The van der Waals surface area contributed by atoms with Crippen LogP contribution in [0.3, 0.4) is 0 Å². The van der Waals surface area contributed by atoms with Gasteiger partial charge >= 0.3 is 0 Å². The summed E-state index contributed by atoms with van der Waals surface area (Å²) in [6.45, 7) is 1.26. The third-order valence-corrected chi connectivity index (χ3v) is 5.19. The maximum Gasteiger partial charge on any atom is 0.295 e. The van der Waals surface area contributed by atoms with Crippen LogP contribution in [0.2, 0.25) is 0 Å². The van der Waals surface area contributed by atoms with E-state index in [-0.39, 0.29) is 18.1 Å². The molecule has 1 N–H and O–H groups in total. The number of carbonyl (C=O) groups excluding carboxylic acids is 2. The van der Waals surface area contributed by atoms with Gasteiger partial charge in [-0.3, -0.25) is 14.6 Å². The van der Waals surface area contributed by atoms with E-state index in [4.69, 9.17) is 9.47 Å². The van der Waals surface area contributed by atoms with Crippen molar-refractivity contribution >= 4 is 17.4 Å². The zero-order valence-corrected chi connectivity index (χ0v) is 16.9. The molecule has 0 saturated carbocycles. The minimum Gasteiger partial charge on any atom is -0.507 e. The number of aliphatic hydroxyl groups is 1. The van der Waals surface area contributed by atoms with Crippen molar-refractivity contribution in [3.05, 3.63) is 59.4 Å². The lowest BCUT2D eigenvalue weighted by molar-refractivity contribution is -0.139. The average Bonchev–Trinajstić information content (AvgIpc) is 3.31. The molecule has 8 nitrogen and oxygen atoms in total. The number of nitrogens with zero attached hydrogens (tertiary/aromatic N) is 3. The summed E-state index contributed by atoms with van der Waals surface area (Å²) < 4.78 is 10.7. The number of likely N-dealkylation sites (tertiary alicyclic amines) is 1. The van der Waals surface area contributed by atoms with Gasteiger partial charge in [-0.05, 0) is 56.9 Å². The molecule has 3 heterocycles. The van der Waals surface area contributed by atoms with Crippen LogP contribution in [-0.4, -0.2) is 65.6 Å². The van der Waals surface area contributed by atoms with Crippen molar-refractivity contribution in [3.63, 3.8) is 0 Å². The van der Waals surface area contributed by atoms with E-state index in [0.29, 0.717) is 35.6 Å². The average molecular weight is 409 g/mol. The number of amides is 1. The van der Waals surface area contributed by atoms with E-state index in [9.17, 15) is 14.7 Å². The molecule has 1 fully saturated rings. The van der Waals surface area contributed by atoms with Gasteiger partial charge in [-0.15, -0.1) is 0 Å². The number of fused-ring (bicyclic) bond motifs is 1. The highest BCUT2D eigenvalue weighted by atomic mass is 16.7. The first-order valence-corrected chi connectivity index (χ1v) is 9.70. The molecule has 2 aliphatic rings. The summed E-state index contributed by atoms with van der Waals surface area (Å²) in [6, 6.07) is 7.76. The van der Waals surface area contributed by atoms with Crippen LogP contribution >= 0.6 is 0 Å². The Bertz CT molecular complexity index is 1000. The van der Waals surface area contributed by atoms with Gasteiger partial charge in [0.15, 0.2) is 11.5 Å². The monoisotopic (exact) mass is 409 g/mol. The number of carbonyl (C=O) groups is 2. The SMILES string of the molecule is CN(C)CCCN1C(=O)C(=O)C(=C(O)c2ccc3c(c2)OCO3)[C@H]1c1cccnc1. The molecule has 1 aromatic carbocycles. The van der Waals surface area contributed by atoms with Crippen molar-refractivity contribution in [3.8, 4) is 11.5 Å². The van der Waals surface area contributed by atoms with Crippen molar-refractivity contribution in [2.24, 2.45) is 0 Å². The third kappa shape index (κ3) is 3.61. The number of ether oxygens (including phenoxy) is 2. The van der Waals surface area contributed by atoms with Crippen LogP contribution in [0.15, 0.2) is 48.3 Å². The van der Waals surface area contributed by atoms with Gasteiger partial charge in [-0.1, -0.05) is 6.07 Å². The summed E-state index contributed by atoms with van der Waals surface area (Å²) in [6.07, 6.45) is 3.93. The van der Waals surface area contributed by atoms with Crippen LogP contribution in [0.5, 0.6) is 11.5 Å². The molecule has 1 aromatic heterocycles. The Kier molecular flexibility index (Phi) is 5.41. The van der Waals surface area contributed by atoms with E-state index in [1.54, 1.807) is 42.7 Å². The van der Waals surface area contributed by atoms with Crippen molar-refractivity contribution in [2.75, 3.05) is 34.0 Å². The van der Waals surface area contributed by atoms with Crippen molar-refractivity contribution < 1.29 is 24.2 Å². The number of aromatic nitrogens is 1. The lowest BCUT2D eigenvalue weighted by Crippen LogP contribution is -2.32. The molecule has 1 amide bonds. The van der Waals surface area contributed by atoms with E-state index >= 15 is 0 Å². The van der Waals surface area contributed by atoms with Crippen LogP contribution < -0.4 is 9.47 Å². The number of pyridine rings is 1. The summed E-state index contributed by atoms with van der Waals surface area (Å²) >= 11 is 0. The van der Waals surface area contributed by atoms with Crippen LogP contribution in [0.4, 0.5) is 0 Å². The Hall–Kier alpha value is -3.39. The molecule has 30 heavy (non-hydrogen) atoms. The maximum absolute atomic E-state index is 12.9. The Morgan fingerprint density at radius 1 is 1.23 bits per heavy atom. The normalized spacial score (nSPS) is 19.7. The molecule has 156 valence electrons. The number of hydrogen-bond acceptors (Lipinski definition) is 7. The second-order valence-corrected chi connectivity index (χ2v) is 7.50. The van der Waals surface area contributed by atoms with E-state index in [1.165, 1.54) is 4.90 Å². The summed E-state index contributed by atoms with van der Waals surface area (Å²) in [5.41, 5.74) is 1.11. The number of aliphatic hydroxyl groups excluding tert-OH is 1. The third-order valence-electron chi connectivity index (χ3n) is 5.19. The second kappa shape index (κ2) is 8.16. The molecule has 2 aliphatic heterocycles. The number of rotatable bonds is 6. The van der Waals surface area contributed by atoms with Gasteiger partial charge in [0.1, 0.15) is 5.76 Å². The smallest absolute Gasteiger partial charge is 0.295 e. The van der Waals surface area contributed by atoms with Crippen molar-refractivity contribution in [1.29, 1.82) is 0 Å². The topological polar surface area (TPSA) is 92.2 Å². The first-order valence-electron chi connectivity index (χ1n) is 9.70.